The Morgan fingerprint density at radius 3 is 1.78 bits per heavy atom. The van der Waals surface area contributed by atoms with E-state index in [1.807, 2.05) is 0 Å². The highest BCUT2D eigenvalue weighted by atomic mass is 127. The number of halogens is 8. The minimum absolute atomic E-state index is 0.245. The van der Waals surface area contributed by atoms with Crippen LogP contribution in [0.4, 0.5) is 30.7 Å². The van der Waals surface area contributed by atoms with Crippen molar-refractivity contribution >= 4 is 22.6 Å². The summed E-state index contributed by atoms with van der Waals surface area (Å²) in [6.07, 6.45) is -4.85. The summed E-state index contributed by atoms with van der Waals surface area (Å²) in [6, 6.07) is 0. The van der Waals surface area contributed by atoms with E-state index in [1.54, 1.807) is 22.6 Å². The van der Waals surface area contributed by atoms with Gasteiger partial charge in [-0.25, -0.2) is 0 Å². The number of alkyl halides is 8. The van der Waals surface area contributed by atoms with Crippen molar-refractivity contribution in [3.63, 3.8) is 0 Å². The van der Waals surface area contributed by atoms with Crippen LogP contribution < -0.4 is 0 Å². The maximum absolute atomic E-state index is 13.5. The molecule has 1 rings (SSSR count). The topological polar surface area (TPSA) is 0 Å². The molecule has 8 heteroatoms. The quantitative estimate of drug-likeness (QED) is 0.262. The van der Waals surface area contributed by atoms with E-state index in [-0.39, 0.29) is 19.3 Å². The fraction of sp³-hybridized carbons (Fsp3) is 1.00. The van der Waals surface area contributed by atoms with Gasteiger partial charge in [0.25, 0.3) is 0 Å². The summed E-state index contributed by atoms with van der Waals surface area (Å²) in [5.41, 5.74) is 0. The second kappa shape index (κ2) is 5.32. The van der Waals surface area contributed by atoms with E-state index in [0.29, 0.717) is 12.8 Å². The van der Waals surface area contributed by atoms with E-state index >= 15 is 0 Å². The van der Waals surface area contributed by atoms with Gasteiger partial charge in [-0.1, -0.05) is 41.9 Å². The average molecular weight is 392 g/mol. The predicted molar refractivity (Wildman–Crippen MR) is 60.3 cm³/mol. The third kappa shape index (κ3) is 2.87. The van der Waals surface area contributed by atoms with Crippen LogP contribution in [-0.2, 0) is 0 Å². The minimum atomic E-state index is -6.22. The molecule has 0 aromatic heterocycles. The molecule has 0 spiro atoms. The van der Waals surface area contributed by atoms with E-state index in [9.17, 15) is 30.7 Å². The lowest BCUT2D eigenvalue weighted by Crippen LogP contribution is -2.57. The Balaban J connectivity index is 3.03. The highest BCUT2D eigenvalue weighted by molar-refractivity contribution is 14.1. The van der Waals surface area contributed by atoms with Crippen molar-refractivity contribution in [1.82, 2.24) is 0 Å². The summed E-state index contributed by atoms with van der Waals surface area (Å²) in [4.78, 5) is 0. The molecule has 0 aromatic carbocycles. The Bertz CT molecular complexity index is 286. The summed E-state index contributed by atoms with van der Waals surface area (Å²) < 4.78 is 88.3. The molecule has 108 valence electrons. The molecule has 0 aromatic rings. The maximum atomic E-state index is 13.5. The van der Waals surface area contributed by atoms with Gasteiger partial charge in [0.15, 0.2) is 0 Å². The molecular weight excluding hydrogens is 380 g/mol. The average Bonchev–Trinajstić information content (AvgIpc) is 2.40. The van der Waals surface area contributed by atoms with Gasteiger partial charge < -0.3 is 0 Å². The molecule has 0 bridgehead atoms. The highest BCUT2D eigenvalue weighted by Crippen LogP contribution is 2.53. The number of hydrogen-bond acceptors (Lipinski definition) is 0. The molecule has 0 nitrogen and oxygen atoms in total. The molecule has 2 unspecified atom stereocenters. The summed E-state index contributed by atoms with van der Waals surface area (Å²) in [5.74, 6) is -13.0. The van der Waals surface area contributed by atoms with Gasteiger partial charge in [0.05, 0.1) is 0 Å². The Kier molecular flexibility index (Phi) is 4.81. The molecule has 1 fully saturated rings. The molecule has 0 amide bonds. The molecule has 0 aliphatic heterocycles. The van der Waals surface area contributed by atoms with Crippen molar-refractivity contribution in [2.24, 2.45) is 5.92 Å². The Hall–Kier alpha value is 0.240. The van der Waals surface area contributed by atoms with Crippen LogP contribution in [0, 0.1) is 5.92 Å². The van der Waals surface area contributed by atoms with Crippen molar-refractivity contribution in [3.8, 4) is 0 Å². The SMILES string of the molecule is FC(F)(F)C(F)(F)C(F)(F)C1CCCCCC1I. The number of hydrogen-bond donors (Lipinski definition) is 0. The normalized spacial score (nSPS) is 28.0. The van der Waals surface area contributed by atoms with E-state index in [4.69, 9.17) is 0 Å². The van der Waals surface area contributed by atoms with Crippen LogP contribution in [0.5, 0.6) is 0 Å². The first-order valence-electron chi connectivity index (χ1n) is 5.48. The maximum Gasteiger partial charge on any atom is 0.459 e. The molecule has 0 heterocycles. The lowest BCUT2D eigenvalue weighted by Gasteiger charge is -2.35. The first kappa shape index (κ1) is 16.3. The van der Waals surface area contributed by atoms with Crippen molar-refractivity contribution in [1.29, 1.82) is 0 Å². The van der Waals surface area contributed by atoms with Crippen molar-refractivity contribution in [2.45, 2.75) is 54.1 Å². The van der Waals surface area contributed by atoms with Crippen LogP contribution >= 0.6 is 22.6 Å². The molecular formula is C10H12F7I. The van der Waals surface area contributed by atoms with Gasteiger partial charge in [0, 0.05) is 9.84 Å². The number of rotatable bonds is 2. The fourth-order valence-electron chi connectivity index (χ4n) is 2.09. The largest absolute Gasteiger partial charge is 0.459 e. The van der Waals surface area contributed by atoms with Gasteiger partial charge in [0.1, 0.15) is 0 Å². The Morgan fingerprint density at radius 2 is 1.28 bits per heavy atom. The lowest BCUT2D eigenvalue weighted by molar-refractivity contribution is -0.365. The smallest absolute Gasteiger partial charge is 0.199 e. The van der Waals surface area contributed by atoms with Gasteiger partial charge in [-0.15, -0.1) is 0 Å². The molecule has 18 heavy (non-hydrogen) atoms. The second-order valence-electron chi connectivity index (χ2n) is 4.46. The molecule has 0 saturated heterocycles. The third-order valence-electron chi connectivity index (χ3n) is 3.17. The van der Waals surface area contributed by atoms with Crippen LogP contribution in [0.2, 0.25) is 0 Å². The predicted octanol–water partition coefficient (Wildman–Crippen LogP) is 5.20. The summed E-state index contributed by atoms with van der Waals surface area (Å²) in [6.45, 7) is 0. The van der Waals surface area contributed by atoms with Gasteiger partial charge in [0.2, 0.25) is 0 Å². The third-order valence-corrected chi connectivity index (χ3v) is 4.66. The summed E-state index contributed by atoms with van der Waals surface area (Å²) in [5, 5.41) is 0. The van der Waals surface area contributed by atoms with E-state index < -0.39 is 27.9 Å². The first-order chi connectivity index (χ1) is 8.02. The van der Waals surface area contributed by atoms with Gasteiger partial charge in [-0.05, 0) is 12.8 Å². The monoisotopic (exact) mass is 392 g/mol. The van der Waals surface area contributed by atoms with Gasteiger partial charge in [-0.2, -0.15) is 30.7 Å². The molecule has 1 aliphatic rings. The fourth-order valence-corrected chi connectivity index (χ4v) is 3.34. The van der Waals surface area contributed by atoms with Gasteiger partial charge in [-0.3, -0.25) is 0 Å². The molecule has 0 radical (unpaired) electrons. The van der Waals surface area contributed by atoms with Crippen molar-refractivity contribution in [2.75, 3.05) is 0 Å². The molecule has 1 saturated carbocycles. The zero-order valence-electron chi connectivity index (χ0n) is 9.21. The zero-order chi connectivity index (χ0) is 14.2. The second-order valence-corrected chi connectivity index (χ2v) is 6.06. The highest BCUT2D eigenvalue weighted by Gasteiger charge is 2.75. The summed E-state index contributed by atoms with van der Waals surface area (Å²) >= 11 is 1.56. The Labute approximate surface area is 113 Å². The van der Waals surface area contributed by atoms with Crippen LogP contribution in [0.1, 0.15) is 32.1 Å². The van der Waals surface area contributed by atoms with E-state index in [1.165, 1.54) is 0 Å². The Morgan fingerprint density at radius 1 is 0.778 bits per heavy atom. The van der Waals surface area contributed by atoms with Gasteiger partial charge >= 0.3 is 18.0 Å². The summed E-state index contributed by atoms with van der Waals surface area (Å²) in [7, 11) is 0. The van der Waals surface area contributed by atoms with Crippen LogP contribution in [0.3, 0.4) is 0 Å². The molecule has 0 N–H and O–H groups in total. The van der Waals surface area contributed by atoms with Crippen LogP contribution in [0.25, 0.3) is 0 Å². The van der Waals surface area contributed by atoms with E-state index in [2.05, 4.69) is 0 Å². The standard InChI is InChI=1S/C10H12F7I/c11-8(12,9(13,14)10(15,16)17)6-4-2-1-3-5-7(6)18/h6-7H,1-5H2. The van der Waals surface area contributed by atoms with E-state index in [0.717, 1.165) is 0 Å². The molecule has 1 aliphatic carbocycles. The van der Waals surface area contributed by atoms with Crippen LogP contribution in [0.15, 0.2) is 0 Å². The molecule has 2 atom stereocenters. The minimum Gasteiger partial charge on any atom is -0.199 e. The zero-order valence-corrected chi connectivity index (χ0v) is 11.4. The first-order valence-corrected chi connectivity index (χ1v) is 6.73. The van der Waals surface area contributed by atoms with Crippen LogP contribution in [-0.4, -0.2) is 21.9 Å². The van der Waals surface area contributed by atoms with Crippen molar-refractivity contribution < 1.29 is 30.7 Å². The van der Waals surface area contributed by atoms with Crippen molar-refractivity contribution in [3.05, 3.63) is 0 Å². The lowest BCUT2D eigenvalue weighted by atomic mass is 9.88.